The zero-order chi connectivity index (χ0) is 23.4. The molecule has 1 aliphatic rings. The molecular formula is C25H24N2O5S. The molecule has 33 heavy (non-hydrogen) atoms. The third kappa shape index (κ3) is 4.75. The van der Waals surface area contributed by atoms with Crippen molar-refractivity contribution in [2.45, 2.75) is 24.7 Å². The lowest BCUT2D eigenvalue weighted by atomic mass is 10.0. The van der Waals surface area contributed by atoms with Crippen molar-refractivity contribution < 1.29 is 22.7 Å². The largest absolute Gasteiger partial charge is 0.462 e. The molecule has 7 nitrogen and oxygen atoms in total. The third-order valence-corrected chi connectivity index (χ3v) is 7.25. The van der Waals surface area contributed by atoms with Crippen LogP contribution in [0, 0.1) is 0 Å². The average molecular weight is 465 g/mol. The number of esters is 1. The van der Waals surface area contributed by atoms with Gasteiger partial charge in [0.15, 0.2) is 0 Å². The number of nitrogens with zero attached hydrogens (tertiary/aromatic N) is 1. The van der Waals surface area contributed by atoms with Gasteiger partial charge < -0.3 is 10.1 Å². The number of sulfonamides is 1. The molecule has 0 saturated carbocycles. The minimum atomic E-state index is -3.74. The van der Waals surface area contributed by atoms with Crippen LogP contribution in [0.3, 0.4) is 0 Å². The fourth-order valence-electron chi connectivity index (χ4n) is 3.76. The summed E-state index contributed by atoms with van der Waals surface area (Å²) in [6.07, 6.45) is 1.60. The molecule has 0 spiro atoms. The zero-order valence-electron chi connectivity index (χ0n) is 18.2. The summed E-state index contributed by atoms with van der Waals surface area (Å²) >= 11 is 0. The Bertz CT molecular complexity index is 1270. The van der Waals surface area contributed by atoms with Gasteiger partial charge in [0.2, 0.25) is 0 Å². The van der Waals surface area contributed by atoms with Gasteiger partial charge in [-0.1, -0.05) is 18.2 Å². The van der Waals surface area contributed by atoms with Gasteiger partial charge >= 0.3 is 5.97 Å². The molecule has 1 heterocycles. The molecule has 0 aliphatic carbocycles. The number of para-hydroxylation sites is 1. The van der Waals surface area contributed by atoms with E-state index >= 15 is 0 Å². The highest BCUT2D eigenvalue weighted by Gasteiger charge is 2.29. The van der Waals surface area contributed by atoms with Crippen molar-refractivity contribution in [3.63, 3.8) is 0 Å². The van der Waals surface area contributed by atoms with Crippen LogP contribution in [0.1, 0.15) is 39.6 Å². The minimum Gasteiger partial charge on any atom is -0.462 e. The molecule has 8 heteroatoms. The van der Waals surface area contributed by atoms with E-state index in [1.165, 1.54) is 28.6 Å². The van der Waals surface area contributed by atoms with Crippen LogP contribution in [-0.2, 0) is 21.2 Å². The van der Waals surface area contributed by atoms with E-state index in [2.05, 4.69) is 5.32 Å². The number of carbonyl (C=O) groups is 2. The van der Waals surface area contributed by atoms with Gasteiger partial charge in [0, 0.05) is 17.8 Å². The number of carbonyl (C=O) groups excluding carboxylic acids is 2. The Hall–Kier alpha value is -3.65. The molecule has 3 aromatic rings. The van der Waals surface area contributed by atoms with Crippen LogP contribution in [0.25, 0.3) is 0 Å². The number of hydrogen-bond donors (Lipinski definition) is 1. The predicted octanol–water partition coefficient (Wildman–Crippen LogP) is 4.26. The highest BCUT2D eigenvalue weighted by atomic mass is 32.2. The Kier molecular flexibility index (Phi) is 6.46. The Morgan fingerprint density at radius 1 is 0.939 bits per heavy atom. The molecule has 0 fully saturated rings. The molecule has 0 aromatic heterocycles. The Balaban J connectivity index is 1.48. The normalized spacial score (nSPS) is 13.2. The standard InChI is InChI=1S/C25H24N2O5S/c1-2-32-25(29)20-9-13-21(14-10-20)26-24(28)19-11-15-22(16-12-19)33(30,31)27-17-5-7-18-6-3-4-8-23(18)27/h3-4,6,8-16H,2,5,7,17H2,1H3,(H,26,28). The maximum Gasteiger partial charge on any atom is 0.338 e. The van der Waals surface area contributed by atoms with Crippen LogP contribution in [0.2, 0.25) is 0 Å². The number of benzene rings is 3. The molecular weight excluding hydrogens is 440 g/mol. The van der Waals surface area contributed by atoms with Crippen molar-refractivity contribution in [2.24, 2.45) is 0 Å². The van der Waals surface area contributed by atoms with E-state index in [9.17, 15) is 18.0 Å². The summed E-state index contributed by atoms with van der Waals surface area (Å²) in [6, 6.07) is 19.7. The Labute approximate surface area is 193 Å². The summed E-state index contributed by atoms with van der Waals surface area (Å²) in [5.41, 5.74) is 2.94. The van der Waals surface area contributed by atoms with E-state index < -0.39 is 16.0 Å². The second-order valence-electron chi connectivity index (χ2n) is 7.59. The Morgan fingerprint density at radius 2 is 1.61 bits per heavy atom. The van der Waals surface area contributed by atoms with Crippen LogP contribution < -0.4 is 9.62 Å². The molecule has 4 rings (SSSR count). The SMILES string of the molecule is CCOC(=O)c1ccc(NC(=O)c2ccc(S(=O)(=O)N3CCCc4ccccc43)cc2)cc1. The molecule has 0 bridgehead atoms. The van der Waals surface area contributed by atoms with Gasteiger partial charge in [-0.3, -0.25) is 9.10 Å². The Morgan fingerprint density at radius 3 is 2.30 bits per heavy atom. The number of amides is 1. The maximum atomic E-state index is 13.2. The molecule has 0 saturated heterocycles. The molecule has 0 radical (unpaired) electrons. The second kappa shape index (κ2) is 9.46. The summed E-state index contributed by atoms with van der Waals surface area (Å²) in [6.45, 7) is 2.44. The van der Waals surface area contributed by atoms with E-state index in [0.717, 1.165) is 18.4 Å². The quantitative estimate of drug-likeness (QED) is 0.551. The summed E-state index contributed by atoms with van der Waals surface area (Å²) < 4.78 is 32.9. The van der Waals surface area contributed by atoms with Gasteiger partial charge in [-0.15, -0.1) is 0 Å². The lowest BCUT2D eigenvalue weighted by molar-refractivity contribution is 0.0526. The number of nitrogens with one attached hydrogen (secondary N) is 1. The summed E-state index contributed by atoms with van der Waals surface area (Å²) in [5.74, 6) is -0.811. The van der Waals surface area contributed by atoms with Crippen LogP contribution in [0.15, 0.2) is 77.7 Å². The molecule has 1 amide bonds. The highest BCUT2D eigenvalue weighted by Crippen LogP contribution is 2.31. The van der Waals surface area contributed by atoms with Crippen molar-refractivity contribution >= 4 is 33.3 Å². The third-order valence-electron chi connectivity index (χ3n) is 5.43. The van der Waals surface area contributed by atoms with E-state index in [4.69, 9.17) is 4.74 Å². The molecule has 1 N–H and O–H groups in total. The summed E-state index contributed by atoms with van der Waals surface area (Å²) in [5, 5.41) is 2.74. The molecule has 0 atom stereocenters. The number of ether oxygens (including phenoxy) is 1. The first kappa shape index (κ1) is 22.5. The lowest BCUT2D eigenvalue weighted by Crippen LogP contribution is -2.35. The van der Waals surface area contributed by atoms with Gasteiger partial charge in [0.25, 0.3) is 15.9 Å². The van der Waals surface area contributed by atoms with Crippen molar-refractivity contribution in [1.82, 2.24) is 0 Å². The van der Waals surface area contributed by atoms with E-state index in [1.54, 1.807) is 31.2 Å². The van der Waals surface area contributed by atoms with Gasteiger partial charge in [-0.2, -0.15) is 0 Å². The van der Waals surface area contributed by atoms with Gasteiger partial charge in [0.1, 0.15) is 0 Å². The molecule has 0 unspecified atom stereocenters. The first-order chi connectivity index (χ1) is 15.9. The van der Waals surface area contributed by atoms with Crippen molar-refractivity contribution in [1.29, 1.82) is 0 Å². The molecule has 3 aromatic carbocycles. The average Bonchev–Trinajstić information content (AvgIpc) is 2.84. The van der Waals surface area contributed by atoms with Gasteiger partial charge in [-0.25, -0.2) is 13.2 Å². The monoisotopic (exact) mass is 464 g/mol. The van der Waals surface area contributed by atoms with Crippen molar-refractivity contribution in [3.05, 3.63) is 89.5 Å². The zero-order valence-corrected chi connectivity index (χ0v) is 19.0. The maximum absolute atomic E-state index is 13.2. The second-order valence-corrected chi connectivity index (χ2v) is 9.45. The number of aryl methyl sites for hydroxylation is 1. The van der Waals surface area contributed by atoms with E-state index in [0.29, 0.717) is 29.0 Å². The molecule has 1 aliphatic heterocycles. The van der Waals surface area contributed by atoms with E-state index in [1.807, 2.05) is 24.3 Å². The summed E-state index contributed by atoms with van der Waals surface area (Å²) in [4.78, 5) is 24.5. The smallest absolute Gasteiger partial charge is 0.338 e. The van der Waals surface area contributed by atoms with Crippen LogP contribution in [0.4, 0.5) is 11.4 Å². The van der Waals surface area contributed by atoms with Crippen molar-refractivity contribution in [3.8, 4) is 0 Å². The lowest BCUT2D eigenvalue weighted by Gasteiger charge is -2.30. The number of hydrogen-bond acceptors (Lipinski definition) is 5. The van der Waals surface area contributed by atoms with Crippen LogP contribution >= 0.6 is 0 Å². The highest BCUT2D eigenvalue weighted by molar-refractivity contribution is 7.92. The first-order valence-corrected chi connectivity index (χ1v) is 12.1. The predicted molar refractivity (Wildman–Crippen MR) is 126 cm³/mol. The first-order valence-electron chi connectivity index (χ1n) is 10.7. The van der Waals surface area contributed by atoms with Crippen molar-refractivity contribution in [2.75, 3.05) is 22.8 Å². The topological polar surface area (TPSA) is 92.8 Å². The van der Waals surface area contributed by atoms with Gasteiger partial charge in [0.05, 0.1) is 22.8 Å². The number of fused-ring (bicyclic) bond motifs is 1. The number of anilines is 2. The number of rotatable bonds is 6. The minimum absolute atomic E-state index is 0.134. The van der Waals surface area contributed by atoms with E-state index in [-0.39, 0.29) is 17.4 Å². The fraction of sp³-hybridized carbons (Fsp3) is 0.200. The van der Waals surface area contributed by atoms with Crippen LogP contribution in [-0.4, -0.2) is 33.4 Å². The van der Waals surface area contributed by atoms with Gasteiger partial charge in [-0.05, 0) is 79.9 Å². The summed E-state index contributed by atoms with van der Waals surface area (Å²) in [7, 11) is -3.74. The molecule has 170 valence electrons. The fourth-order valence-corrected chi connectivity index (χ4v) is 5.30. The van der Waals surface area contributed by atoms with Crippen LogP contribution in [0.5, 0.6) is 0 Å².